The molecule has 0 aromatic heterocycles. The summed E-state index contributed by atoms with van der Waals surface area (Å²) in [4.78, 5) is 27.8. The molecule has 1 fully saturated rings. The first-order valence-corrected chi connectivity index (χ1v) is 10.4. The molecule has 2 aromatic carbocycles. The number of anilines is 1. The molecular weight excluding hydrogens is 380 g/mol. The Labute approximate surface area is 178 Å². The molecule has 0 unspecified atom stereocenters. The number of rotatable bonds is 7. The van der Waals surface area contributed by atoms with Crippen molar-refractivity contribution in [3.05, 3.63) is 59.7 Å². The van der Waals surface area contributed by atoms with Gasteiger partial charge in [0, 0.05) is 5.69 Å². The molecule has 0 atom stereocenters. The van der Waals surface area contributed by atoms with Gasteiger partial charge in [-0.3, -0.25) is 20.4 Å². The van der Waals surface area contributed by atoms with Gasteiger partial charge in [-0.1, -0.05) is 30.3 Å². The second kappa shape index (κ2) is 10.6. The maximum absolute atomic E-state index is 12.1. The maximum atomic E-state index is 12.1. The minimum absolute atomic E-state index is 0.142. The second-order valence-corrected chi connectivity index (χ2v) is 7.73. The topological polar surface area (TPSA) is 75.1 Å². The van der Waals surface area contributed by atoms with Gasteiger partial charge in [-0.05, 0) is 43.2 Å². The molecule has 1 aliphatic heterocycles. The van der Waals surface area contributed by atoms with Crippen LogP contribution in [0.15, 0.2) is 48.5 Å². The number of benzene rings is 2. The summed E-state index contributed by atoms with van der Waals surface area (Å²) >= 11 is 0. The predicted octanol–water partition coefficient (Wildman–Crippen LogP) is 0.625. The average molecular weight is 412 g/mol. The Morgan fingerprint density at radius 3 is 2.43 bits per heavy atom. The Bertz CT molecular complexity index is 849. The molecule has 7 nitrogen and oxygen atoms in total. The summed E-state index contributed by atoms with van der Waals surface area (Å²) in [7, 11) is 0. The van der Waals surface area contributed by atoms with Gasteiger partial charge in [0.2, 0.25) is 5.91 Å². The van der Waals surface area contributed by atoms with E-state index in [1.165, 1.54) is 10.6 Å². The molecule has 2 aromatic rings. The van der Waals surface area contributed by atoms with Crippen molar-refractivity contribution < 1.29 is 19.2 Å². The molecule has 1 heterocycles. The van der Waals surface area contributed by atoms with Crippen molar-refractivity contribution in [3.8, 4) is 5.75 Å². The summed E-state index contributed by atoms with van der Waals surface area (Å²) in [6.07, 6.45) is 0.374. The maximum Gasteiger partial charge on any atom is 0.276 e. The van der Waals surface area contributed by atoms with Gasteiger partial charge >= 0.3 is 0 Å². The van der Waals surface area contributed by atoms with Crippen LogP contribution in [0.4, 0.5) is 5.69 Å². The van der Waals surface area contributed by atoms with Crippen LogP contribution in [0.2, 0.25) is 0 Å². The zero-order valence-corrected chi connectivity index (χ0v) is 17.7. The third kappa shape index (κ3) is 6.49. The van der Waals surface area contributed by atoms with Crippen molar-refractivity contribution in [2.45, 2.75) is 20.3 Å². The summed E-state index contributed by atoms with van der Waals surface area (Å²) < 4.78 is 5.54. The van der Waals surface area contributed by atoms with Crippen LogP contribution in [0, 0.1) is 13.8 Å². The van der Waals surface area contributed by atoms with Gasteiger partial charge in [0.05, 0.1) is 39.1 Å². The number of hydrogen-bond acceptors (Lipinski definition) is 4. The number of amides is 2. The number of aryl methyl sites for hydroxylation is 2. The van der Waals surface area contributed by atoms with Crippen molar-refractivity contribution in [2.75, 3.05) is 44.2 Å². The largest absolute Gasteiger partial charge is 0.483 e. The van der Waals surface area contributed by atoms with E-state index < -0.39 is 0 Å². The smallest absolute Gasteiger partial charge is 0.276 e. The van der Waals surface area contributed by atoms with E-state index in [0.29, 0.717) is 12.2 Å². The summed E-state index contributed by atoms with van der Waals surface area (Å²) in [5, 5.41) is 0. The fourth-order valence-electron chi connectivity index (χ4n) is 3.50. The van der Waals surface area contributed by atoms with Crippen molar-refractivity contribution in [3.63, 3.8) is 0 Å². The van der Waals surface area contributed by atoms with Crippen LogP contribution in [0.25, 0.3) is 0 Å². The molecule has 30 heavy (non-hydrogen) atoms. The normalized spacial score (nSPS) is 14.3. The number of carbonyl (C=O) groups excluding carboxylic acids is 2. The minimum atomic E-state index is -0.381. The standard InChI is InChI=1S/C23H30N4O3/c1-18-8-9-19(2)21(16-18)30-17-23(29)25-24-22(28)10-11-26-12-14-27(15-13-26)20-6-4-3-5-7-20/h3-9,16H,10-15,17H2,1-2H3,(H,24,28)(H,25,29)/p+1. The van der Waals surface area contributed by atoms with Crippen molar-refractivity contribution in [1.82, 2.24) is 10.9 Å². The first-order chi connectivity index (χ1) is 14.5. The van der Waals surface area contributed by atoms with E-state index in [-0.39, 0.29) is 18.4 Å². The molecule has 0 spiro atoms. The van der Waals surface area contributed by atoms with E-state index in [0.717, 1.165) is 43.9 Å². The quantitative estimate of drug-likeness (QED) is 0.584. The monoisotopic (exact) mass is 411 g/mol. The van der Waals surface area contributed by atoms with Crippen molar-refractivity contribution in [1.29, 1.82) is 0 Å². The summed E-state index contributed by atoms with van der Waals surface area (Å²) in [5.41, 5.74) is 8.18. The molecule has 3 N–H and O–H groups in total. The summed E-state index contributed by atoms with van der Waals surface area (Å²) in [6.45, 7) is 8.46. The molecule has 2 amide bonds. The number of quaternary nitrogens is 1. The van der Waals surface area contributed by atoms with Crippen molar-refractivity contribution >= 4 is 17.5 Å². The van der Waals surface area contributed by atoms with Crippen LogP contribution in [0.5, 0.6) is 5.75 Å². The number of para-hydroxylation sites is 1. The lowest BCUT2D eigenvalue weighted by Gasteiger charge is -2.33. The van der Waals surface area contributed by atoms with E-state index in [4.69, 9.17) is 4.74 Å². The van der Waals surface area contributed by atoms with Crippen LogP contribution in [0.1, 0.15) is 17.5 Å². The molecule has 0 saturated carbocycles. The van der Waals surface area contributed by atoms with Gasteiger partial charge < -0.3 is 14.5 Å². The predicted molar refractivity (Wildman–Crippen MR) is 117 cm³/mol. The first-order valence-electron chi connectivity index (χ1n) is 10.4. The molecule has 0 radical (unpaired) electrons. The van der Waals surface area contributed by atoms with E-state index in [9.17, 15) is 9.59 Å². The lowest BCUT2D eigenvalue weighted by atomic mass is 10.1. The molecule has 160 valence electrons. The molecule has 7 heteroatoms. The van der Waals surface area contributed by atoms with Crippen LogP contribution in [-0.4, -0.2) is 51.1 Å². The average Bonchev–Trinajstić information content (AvgIpc) is 2.77. The van der Waals surface area contributed by atoms with Crippen molar-refractivity contribution in [2.24, 2.45) is 0 Å². The minimum Gasteiger partial charge on any atom is -0.483 e. The Morgan fingerprint density at radius 1 is 1.00 bits per heavy atom. The number of piperazine rings is 1. The highest BCUT2D eigenvalue weighted by atomic mass is 16.5. The first kappa shape index (κ1) is 21.6. The fraction of sp³-hybridized carbons (Fsp3) is 0.391. The van der Waals surface area contributed by atoms with Gasteiger partial charge in [0.1, 0.15) is 5.75 Å². The molecule has 3 rings (SSSR count). The second-order valence-electron chi connectivity index (χ2n) is 7.73. The summed E-state index contributed by atoms with van der Waals surface area (Å²) in [5.74, 6) is 0.107. The number of hydrogen-bond donors (Lipinski definition) is 3. The van der Waals surface area contributed by atoms with Gasteiger partial charge in [-0.2, -0.15) is 0 Å². The lowest BCUT2D eigenvalue weighted by molar-refractivity contribution is -0.900. The Hall–Kier alpha value is -3.06. The zero-order valence-electron chi connectivity index (χ0n) is 17.7. The summed E-state index contributed by atoms with van der Waals surface area (Å²) in [6, 6.07) is 16.2. The third-order valence-corrected chi connectivity index (χ3v) is 5.34. The Morgan fingerprint density at radius 2 is 1.70 bits per heavy atom. The van der Waals surface area contributed by atoms with Gasteiger partial charge in [-0.15, -0.1) is 0 Å². The van der Waals surface area contributed by atoms with Gasteiger partial charge in [-0.25, -0.2) is 0 Å². The SMILES string of the molecule is Cc1ccc(C)c(OCC(=O)NNC(=O)CC[NH+]2CCN(c3ccccc3)CC2)c1. The highest BCUT2D eigenvalue weighted by molar-refractivity contribution is 5.82. The van der Waals surface area contributed by atoms with Gasteiger partial charge in [0.15, 0.2) is 6.61 Å². The molecule has 0 bridgehead atoms. The number of nitrogens with zero attached hydrogens (tertiary/aromatic N) is 1. The van der Waals surface area contributed by atoms with Crippen LogP contribution in [0.3, 0.4) is 0 Å². The zero-order chi connectivity index (χ0) is 21.3. The number of hydrazine groups is 1. The highest BCUT2D eigenvalue weighted by Gasteiger charge is 2.20. The van der Waals surface area contributed by atoms with Gasteiger partial charge in [0.25, 0.3) is 5.91 Å². The van der Waals surface area contributed by atoms with Crippen LogP contribution < -0.4 is 25.4 Å². The van der Waals surface area contributed by atoms with E-state index >= 15 is 0 Å². The Balaban J connectivity index is 1.30. The molecule has 0 aliphatic carbocycles. The van der Waals surface area contributed by atoms with Crippen LogP contribution >= 0.6 is 0 Å². The number of ether oxygens (including phenoxy) is 1. The molecule has 1 aliphatic rings. The Kier molecular flexibility index (Phi) is 7.68. The molecule has 1 saturated heterocycles. The van der Waals surface area contributed by atoms with E-state index in [2.05, 4.69) is 40.0 Å². The molecular formula is C23H31N4O3+. The number of carbonyl (C=O) groups is 2. The fourth-order valence-corrected chi connectivity index (χ4v) is 3.50. The number of nitrogens with one attached hydrogen (secondary N) is 3. The van der Waals surface area contributed by atoms with E-state index in [1.54, 1.807) is 0 Å². The third-order valence-electron chi connectivity index (χ3n) is 5.34. The van der Waals surface area contributed by atoms with Crippen LogP contribution in [-0.2, 0) is 9.59 Å². The lowest BCUT2D eigenvalue weighted by Crippen LogP contribution is -3.15. The van der Waals surface area contributed by atoms with E-state index in [1.807, 2.05) is 38.1 Å². The highest BCUT2D eigenvalue weighted by Crippen LogP contribution is 2.18.